The highest BCUT2D eigenvalue weighted by Gasteiger charge is 2.49. The maximum Gasteiger partial charge on any atom is 0.325 e. The molecule has 2 aliphatic rings. The van der Waals surface area contributed by atoms with Crippen molar-refractivity contribution in [3.63, 3.8) is 0 Å². The molecule has 29 heavy (non-hydrogen) atoms. The quantitative estimate of drug-likeness (QED) is 0.736. The summed E-state index contributed by atoms with van der Waals surface area (Å²) in [7, 11) is 0. The van der Waals surface area contributed by atoms with Crippen LogP contribution in [0.15, 0.2) is 44.3 Å². The molecule has 2 aromatic rings. The second-order valence-corrected chi connectivity index (χ2v) is 7.40. The molecule has 0 spiro atoms. The van der Waals surface area contributed by atoms with Crippen LogP contribution in [-0.2, 0) is 0 Å². The van der Waals surface area contributed by atoms with Crippen molar-refractivity contribution in [1.82, 2.24) is 15.0 Å². The Morgan fingerprint density at radius 2 is 2.14 bits per heavy atom. The molecule has 2 N–H and O–H groups in total. The number of aromatic amines is 2. The van der Waals surface area contributed by atoms with Crippen molar-refractivity contribution < 1.29 is 0 Å². The Hall–Kier alpha value is -3.49. The minimum absolute atomic E-state index is 0.0762. The standard InChI is InChI=1S/C20H15ClN6O2/c1-10-17(12-7-11(12)4-5-15-14(21)3-2-6-23-15)16(8-22)26-27-18(10)13-9-24-20(29)25-19(13)28/h2-3,6,9-12,17H,7H2,1H3,(H2,24,25,28,29)/t10?,11-,12-,17?/m0/s1. The van der Waals surface area contributed by atoms with E-state index in [1.807, 2.05) is 6.92 Å². The van der Waals surface area contributed by atoms with Gasteiger partial charge in [0.05, 0.1) is 16.3 Å². The molecule has 1 aliphatic heterocycles. The molecule has 9 heteroatoms. The van der Waals surface area contributed by atoms with Crippen LogP contribution in [-0.4, -0.2) is 26.4 Å². The number of nitrogens with one attached hydrogen (secondary N) is 2. The lowest BCUT2D eigenvalue weighted by atomic mass is 9.79. The zero-order chi connectivity index (χ0) is 20.5. The zero-order valence-electron chi connectivity index (χ0n) is 15.3. The smallest absolute Gasteiger partial charge is 0.313 e. The van der Waals surface area contributed by atoms with Gasteiger partial charge in [-0.15, -0.1) is 5.10 Å². The van der Waals surface area contributed by atoms with Crippen molar-refractivity contribution in [2.45, 2.75) is 13.3 Å². The molecular formula is C20H15ClN6O2. The molecule has 4 atom stereocenters. The summed E-state index contributed by atoms with van der Waals surface area (Å²) in [4.78, 5) is 32.3. The lowest BCUT2D eigenvalue weighted by Gasteiger charge is -2.26. The summed E-state index contributed by atoms with van der Waals surface area (Å²) in [5.74, 6) is 5.94. The summed E-state index contributed by atoms with van der Waals surface area (Å²) in [5, 5.41) is 18.1. The Kier molecular flexibility index (Phi) is 4.87. The monoisotopic (exact) mass is 406 g/mol. The first-order valence-electron chi connectivity index (χ1n) is 8.99. The molecule has 2 unspecified atom stereocenters. The average Bonchev–Trinajstić information content (AvgIpc) is 3.46. The second-order valence-electron chi connectivity index (χ2n) is 6.99. The molecule has 0 radical (unpaired) electrons. The van der Waals surface area contributed by atoms with Crippen molar-refractivity contribution in [2.75, 3.05) is 0 Å². The van der Waals surface area contributed by atoms with E-state index in [0.717, 1.165) is 6.42 Å². The fourth-order valence-electron chi connectivity index (χ4n) is 3.66. The van der Waals surface area contributed by atoms with Crippen LogP contribution in [0.1, 0.15) is 24.6 Å². The van der Waals surface area contributed by atoms with Crippen molar-refractivity contribution in [3.8, 4) is 17.9 Å². The molecule has 1 fully saturated rings. The van der Waals surface area contributed by atoms with Gasteiger partial charge in [0.25, 0.3) is 5.56 Å². The highest BCUT2D eigenvalue weighted by molar-refractivity contribution is 6.31. The molecule has 0 saturated heterocycles. The number of nitrogens with zero attached hydrogens (tertiary/aromatic N) is 4. The Morgan fingerprint density at radius 3 is 2.86 bits per heavy atom. The van der Waals surface area contributed by atoms with E-state index in [4.69, 9.17) is 11.6 Å². The summed E-state index contributed by atoms with van der Waals surface area (Å²) in [5.41, 5.74) is 0.404. The van der Waals surface area contributed by atoms with E-state index in [1.165, 1.54) is 6.20 Å². The number of rotatable bonds is 2. The van der Waals surface area contributed by atoms with Crippen LogP contribution in [0, 0.1) is 46.8 Å². The zero-order valence-corrected chi connectivity index (χ0v) is 16.1. The van der Waals surface area contributed by atoms with Gasteiger partial charge in [0.15, 0.2) is 0 Å². The molecule has 144 valence electrons. The van der Waals surface area contributed by atoms with Gasteiger partial charge in [-0.3, -0.25) is 9.78 Å². The Bertz CT molecular complexity index is 1260. The number of H-pyrrole nitrogens is 2. The third-order valence-corrected chi connectivity index (χ3v) is 5.50. The van der Waals surface area contributed by atoms with Gasteiger partial charge in [-0.2, -0.15) is 10.4 Å². The maximum atomic E-state index is 12.2. The molecule has 0 amide bonds. The number of hydrogen-bond donors (Lipinski definition) is 2. The molecule has 4 rings (SSSR count). The van der Waals surface area contributed by atoms with Crippen LogP contribution in [0.2, 0.25) is 5.02 Å². The predicted molar refractivity (Wildman–Crippen MR) is 108 cm³/mol. The van der Waals surface area contributed by atoms with Gasteiger partial charge in [0.2, 0.25) is 0 Å². The first-order chi connectivity index (χ1) is 14.0. The van der Waals surface area contributed by atoms with Gasteiger partial charge in [-0.25, -0.2) is 9.78 Å². The Morgan fingerprint density at radius 1 is 1.31 bits per heavy atom. The molecule has 0 bridgehead atoms. The van der Waals surface area contributed by atoms with Gasteiger partial charge in [-0.05, 0) is 30.4 Å². The van der Waals surface area contributed by atoms with Crippen LogP contribution in [0.5, 0.6) is 0 Å². The SMILES string of the molecule is CC1C(c2c[nH]c(=O)[nH]c2=O)=NN=C(C#N)C1[C@H]1C[C@@H]1C#Cc1ncccc1Cl. The number of nitriles is 1. The molecule has 2 aromatic heterocycles. The van der Waals surface area contributed by atoms with Crippen molar-refractivity contribution in [2.24, 2.45) is 33.9 Å². The van der Waals surface area contributed by atoms with Crippen LogP contribution >= 0.6 is 11.6 Å². The number of hydrogen-bond acceptors (Lipinski definition) is 6. The molecule has 0 aromatic carbocycles. The molecule has 1 saturated carbocycles. The summed E-state index contributed by atoms with van der Waals surface area (Å²) in [6, 6.07) is 5.60. The lowest BCUT2D eigenvalue weighted by Crippen LogP contribution is -2.37. The van der Waals surface area contributed by atoms with Crippen molar-refractivity contribution in [1.29, 1.82) is 5.26 Å². The average molecular weight is 407 g/mol. The molecule has 1 aliphatic carbocycles. The maximum absolute atomic E-state index is 12.2. The van der Waals surface area contributed by atoms with E-state index < -0.39 is 11.2 Å². The van der Waals surface area contributed by atoms with Crippen molar-refractivity contribution in [3.05, 3.63) is 61.6 Å². The Balaban J connectivity index is 1.60. The summed E-state index contributed by atoms with van der Waals surface area (Å²) in [6.07, 6.45) is 3.77. The van der Waals surface area contributed by atoms with E-state index in [9.17, 15) is 14.9 Å². The van der Waals surface area contributed by atoms with Gasteiger partial charge in [0.1, 0.15) is 17.5 Å². The largest absolute Gasteiger partial charge is 0.325 e. The van der Waals surface area contributed by atoms with Crippen LogP contribution < -0.4 is 11.2 Å². The van der Waals surface area contributed by atoms with Crippen LogP contribution in [0.4, 0.5) is 0 Å². The first-order valence-corrected chi connectivity index (χ1v) is 9.37. The number of halogens is 1. The predicted octanol–water partition coefficient (Wildman–Crippen LogP) is 1.73. The Labute approximate surface area is 170 Å². The minimum Gasteiger partial charge on any atom is -0.313 e. The third-order valence-electron chi connectivity index (χ3n) is 5.20. The van der Waals surface area contributed by atoms with Gasteiger partial charge in [-0.1, -0.05) is 24.4 Å². The highest BCUT2D eigenvalue weighted by Crippen LogP contribution is 2.48. The van der Waals surface area contributed by atoms with E-state index in [0.29, 0.717) is 22.1 Å². The summed E-state index contributed by atoms with van der Waals surface area (Å²) in [6.45, 7) is 1.90. The molecule has 8 nitrogen and oxygen atoms in total. The van der Waals surface area contributed by atoms with Crippen LogP contribution in [0.25, 0.3) is 0 Å². The number of pyridine rings is 1. The second kappa shape index (κ2) is 7.50. The fourth-order valence-corrected chi connectivity index (χ4v) is 3.83. The first kappa shape index (κ1) is 18.9. The number of aromatic nitrogens is 3. The van der Waals surface area contributed by atoms with Gasteiger partial charge >= 0.3 is 5.69 Å². The lowest BCUT2D eigenvalue weighted by molar-refractivity contribution is 0.490. The normalized spacial score (nSPS) is 25.1. The third kappa shape index (κ3) is 3.63. The van der Waals surface area contributed by atoms with Gasteiger partial charge < -0.3 is 4.98 Å². The highest BCUT2D eigenvalue weighted by atomic mass is 35.5. The molecular weight excluding hydrogens is 392 g/mol. The fraction of sp³-hybridized carbons (Fsp3) is 0.300. The van der Waals surface area contributed by atoms with E-state index in [2.05, 4.69) is 43.1 Å². The van der Waals surface area contributed by atoms with Crippen molar-refractivity contribution >= 4 is 23.0 Å². The minimum atomic E-state index is -0.591. The summed E-state index contributed by atoms with van der Waals surface area (Å²) >= 11 is 6.09. The molecule has 3 heterocycles. The topological polar surface area (TPSA) is 127 Å². The van der Waals surface area contributed by atoms with Crippen LogP contribution in [0.3, 0.4) is 0 Å². The van der Waals surface area contributed by atoms with Gasteiger partial charge in [0, 0.05) is 30.1 Å². The van der Waals surface area contributed by atoms with E-state index in [1.54, 1.807) is 18.3 Å². The summed E-state index contributed by atoms with van der Waals surface area (Å²) < 4.78 is 0. The van der Waals surface area contributed by atoms with E-state index in [-0.39, 0.29) is 29.2 Å². The van der Waals surface area contributed by atoms with E-state index >= 15 is 0 Å².